The Labute approximate surface area is 153 Å². The van der Waals surface area contributed by atoms with Crippen LogP contribution in [0.5, 0.6) is 0 Å². The topological polar surface area (TPSA) is 69.0 Å². The average Bonchev–Trinajstić information content (AvgIpc) is 3.11. The van der Waals surface area contributed by atoms with Crippen LogP contribution in [0.4, 0.5) is 8.78 Å². The Morgan fingerprint density at radius 1 is 1.19 bits per heavy atom. The highest BCUT2D eigenvalue weighted by Gasteiger charge is 2.27. The summed E-state index contributed by atoms with van der Waals surface area (Å²) in [6.07, 6.45) is -0.297. The van der Waals surface area contributed by atoms with Crippen molar-refractivity contribution in [2.45, 2.75) is 25.8 Å². The van der Waals surface area contributed by atoms with Gasteiger partial charge >= 0.3 is 0 Å². The van der Waals surface area contributed by atoms with Gasteiger partial charge < -0.3 is 10.1 Å². The fourth-order valence-electron chi connectivity index (χ4n) is 2.97. The van der Waals surface area contributed by atoms with Gasteiger partial charge in [0.2, 0.25) is 0 Å². The fourth-order valence-corrected chi connectivity index (χ4v) is 2.97. The fraction of sp³-hybridized carbons (Fsp3) is 0.211. The van der Waals surface area contributed by atoms with E-state index in [2.05, 4.69) is 15.6 Å². The van der Waals surface area contributed by atoms with Crippen LogP contribution in [0.15, 0.2) is 48.5 Å². The van der Waals surface area contributed by atoms with Crippen LogP contribution in [0.2, 0.25) is 0 Å². The quantitative estimate of drug-likeness (QED) is 0.767. The second kappa shape index (κ2) is 7.24. The number of nitrogens with zero attached hydrogens (tertiary/aromatic N) is 3. The first-order valence-electron chi connectivity index (χ1n) is 8.43. The molecular formula is C19H16F2N4O2. The molecule has 1 amide bonds. The van der Waals surface area contributed by atoms with Crippen LogP contribution in [0.1, 0.15) is 33.4 Å². The van der Waals surface area contributed by atoms with E-state index >= 15 is 0 Å². The molecule has 0 aliphatic carbocycles. The van der Waals surface area contributed by atoms with E-state index in [-0.39, 0.29) is 36.6 Å². The van der Waals surface area contributed by atoms with Crippen LogP contribution in [0.25, 0.3) is 0 Å². The molecule has 1 N–H and O–H groups in total. The summed E-state index contributed by atoms with van der Waals surface area (Å²) in [4.78, 5) is 12.4. The molecule has 0 saturated heterocycles. The Hall–Kier alpha value is -3.13. The summed E-state index contributed by atoms with van der Waals surface area (Å²) in [5, 5.41) is 10.6. The molecule has 1 aliphatic rings. The summed E-state index contributed by atoms with van der Waals surface area (Å²) in [7, 11) is 0. The molecule has 0 saturated carbocycles. The molecule has 6 nitrogen and oxygen atoms in total. The number of benzene rings is 2. The van der Waals surface area contributed by atoms with Gasteiger partial charge in [0.1, 0.15) is 17.7 Å². The third kappa shape index (κ3) is 3.56. The molecule has 1 aliphatic heterocycles. The predicted molar refractivity (Wildman–Crippen MR) is 91.5 cm³/mol. The molecular weight excluding hydrogens is 354 g/mol. The first-order valence-corrected chi connectivity index (χ1v) is 8.43. The van der Waals surface area contributed by atoms with Crippen LogP contribution in [-0.4, -0.2) is 20.9 Å². The zero-order valence-corrected chi connectivity index (χ0v) is 14.2. The van der Waals surface area contributed by atoms with Crippen LogP contribution in [0.3, 0.4) is 0 Å². The van der Waals surface area contributed by atoms with E-state index in [1.165, 1.54) is 18.2 Å². The number of rotatable bonds is 4. The van der Waals surface area contributed by atoms with Crippen molar-refractivity contribution in [3.05, 3.63) is 82.7 Å². The Kier molecular flexibility index (Phi) is 4.64. The second-order valence-corrected chi connectivity index (χ2v) is 6.19. The van der Waals surface area contributed by atoms with Crippen molar-refractivity contribution < 1.29 is 18.3 Å². The maximum absolute atomic E-state index is 13.7. The molecule has 0 spiro atoms. The van der Waals surface area contributed by atoms with E-state index in [0.717, 1.165) is 5.56 Å². The third-order valence-electron chi connectivity index (χ3n) is 4.45. The molecule has 1 atom stereocenters. The molecule has 27 heavy (non-hydrogen) atoms. The maximum Gasteiger partial charge on any atom is 0.274 e. The number of hydrogen-bond acceptors (Lipinski definition) is 4. The monoisotopic (exact) mass is 370 g/mol. The highest BCUT2D eigenvalue weighted by molar-refractivity contribution is 5.93. The van der Waals surface area contributed by atoms with Gasteiger partial charge in [0.05, 0.1) is 18.8 Å². The first kappa shape index (κ1) is 17.3. The second-order valence-electron chi connectivity index (χ2n) is 6.19. The lowest BCUT2D eigenvalue weighted by Gasteiger charge is -2.24. The number of nitrogens with one attached hydrogen (secondary N) is 1. The van der Waals surface area contributed by atoms with E-state index in [9.17, 15) is 13.6 Å². The van der Waals surface area contributed by atoms with Crippen molar-refractivity contribution in [2.75, 3.05) is 0 Å². The molecule has 0 unspecified atom stereocenters. The van der Waals surface area contributed by atoms with Crippen molar-refractivity contribution in [1.29, 1.82) is 0 Å². The van der Waals surface area contributed by atoms with Crippen molar-refractivity contribution in [3.63, 3.8) is 0 Å². The number of amides is 1. The largest absolute Gasteiger partial charge is 0.365 e. The van der Waals surface area contributed by atoms with Gasteiger partial charge in [-0.05, 0) is 23.8 Å². The van der Waals surface area contributed by atoms with Gasteiger partial charge in [0.15, 0.2) is 5.69 Å². The molecule has 2 heterocycles. The van der Waals surface area contributed by atoms with Gasteiger partial charge in [-0.1, -0.05) is 35.5 Å². The lowest BCUT2D eigenvalue weighted by atomic mass is 10.1. The molecule has 1 aromatic heterocycles. The zero-order chi connectivity index (χ0) is 18.8. The minimum atomic E-state index is -0.441. The number of ether oxygens (including phenoxy) is 1. The lowest BCUT2D eigenvalue weighted by molar-refractivity contribution is -0.00180. The smallest absolute Gasteiger partial charge is 0.274 e. The van der Waals surface area contributed by atoms with Crippen LogP contribution < -0.4 is 5.32 Å². The maximum atomic E-state index is 13.7. The van der Waals surface area contributed by atoms with E-state index < -0.39 is 5.91 Å². The molecule has 138 valence electrons. The predicted octanol–water partition coefficient (Wildman–Crippen LogP) is 2.76. The number of aromatic nitrogens is 3. The van der Waals surface area contributed by atoms with Crippen LogP contribution in [-0.2, 0) is 24.4 Å². The summed E-state index contributed by atoms with van der Waals surface area (Å²) in [6, 6.07) is 12.3. The SMILES string of the molecule is O=C(NCc1ccccc1F)c1nnn2c1CO[C@H](c1ccc(F)cc1)C2. The standard InChI is InChI=1S/C19H16F2N4O2/c20-14-7-5-12(6-8-14)17-10-25-16(11-27-17)18(23-24-25)19(26)22-9-13-3-1-2-4-15(13)21/h1-8,17H,9-11H2,(H,22,26)/t17-/m0/s1. The van der Waals surface area contributed by atoms with Gasteiger partial charge in [-0.2, -0.15) is 0 Å². The van der Waals surface area contributed by atoms with Gasteiger partial charge in [0.25, 0.3) is 5.91 Å². The van der Waals surface area contributed by atoms with Crippen LogP contribution in [0, 0.1) is 11.6 Å². The van der Waals surface area contributed by atoms with Crippen molar-refractivity contribution >= 4 is 5.91 Å². The Morgan fingerprint density at radius 2 is 1.96 bits per heavy atom. The number of hydrogen-bond donors (Lipinski definition) is 1. The van der Waals surface area contributed by atoms with Crippen molar-refractivity contribution in [1.82, 2.24) is 20.3 Å². The summed E-state index contributed by atoms with van der Waals surface area (Å²) in [6.45, 7) is 0.572. The normalized spacial score (nSPS) is 16.0. The van der Waals surface area contributed by atoms with Crippen molar-refractivity contribution in [3.8, 4) is 0 Å². The molecule has 0 radical (unpaired) electrons. The Bertz CT molecular complexity index is 972. The van der Waals surface area contributed by atoms with E-state index in [4.69, 9.17) is 4.74 Å². The minimum absolute atomic E-state index is 0.0524. The van der Waals surface area contributed by atoms with E-state index in [1.807, 2.05) is 0 Å². The molecule has 0 bridgehead atoms. The van der Waals surface area contributed by atoms with Gasteiger partial charge in [-0.3, -0.25) is 4.79 Å². The number of carbonyl (C=O) groups excluding carboxylic acids is 1. The number of fused-ring (bicyclic) bond motifs is 1. The minimum Gasteiger partial charge on any atom is -0.365 e. The number of carbonyl (C=O) groups is 1. The highest BCUT2D eigenvalue weighted by Crippen LogP contribution is 2.27. The third-order valence-corrected chi connectivity index (χ3v) is 4.45. The molecule has 8 heteroatoms. The van der Waals surface area contributed by atoms with Gasteiger partial charge in [0, 0.05) is 12.1 Å². The summed E-state index contributed by atoms with van der Waals surface area (Å²) in [5.41, 5.74) is 1.92. The molecule has 4 rings (SSSR count). The summed E-state index contributed by atoms with van der Waals surface area (Å²) in [5.74, 6) is -1.14. The molecule has 2 aromatic carbocycles. The highest BCUT2D eigenvalue weighted by atomic mass is 19.1. The Balaban J connectivity index is 1.45. The average molecular weight is 370 g/mol. The Morgan fingerprint density at radius 3 is 2.74 bits per heavy atom. The zero-order valence-electron chi connectivity index (χ0n) is 14.2. The van der Waals surface area contributed by atoms with E-state index in [1.54, 1.807) is 35.0 Å². The lowest BCUT2D eigenvalue weighted by Crippen LogP contribution is -2.27. The first-order chi connectivity index (χ1) is 13.1. The van der Waals surface area contributed by atoms with Crippen molar-refractivity contribution in [2.24, 2.45) is 0 Å². The van der Waals surface area contributed by atoms with Gasteiger partial charge in [-0.15, -0.1) is 5.10 Å². The van der Waals surface area contributed by atoms with Gasteiger partial charge in [-0.25, -0.2) is 13.5 Å². The molecule has 3 aromatic rings. The summed E-state index contributed by atoms with van der Waals surface area (Å²) >= 11 is 0. The number of halogens is 2. The van der Waals surface area contributed by atoms with E-state index in [0.29, 0.717) is 17.8 Å². The van der Waals surface area contributed by atoms with Crippen LogP contribution >= 0.6 is 0 Å². The summed E-state index contributed by atoms with van der Waals surface area (Å²) < 4.78 is 34.1. The molecule has 0 fully saturated rings.